The molecule has 3 heteroatoms. The van der Waals surface area contributed by atoms with Gasteiger partial charge in [0.25, 0.3) is 0 Å². The molecule has 0 saturated heterocycles. The van der Waals surface area contributed by atoms with Crippen molar-refractivity contribution in [1.29, 1.82) is 0 Å². The van der Waals surface area contributed by atoms with Gasteiger partial charge in [0.2, 0.25) is 0 Å². The second-order valence-corrected chi connectivity index (χ2v) is 3.83. The van der Waals surface area contributed by atoms with Crippen LogP contribution in [0.2, 0.25) is 0 Å². The van der Waals surface area contributed by atoms with Crippen LogP contribution in [0.25, 0.3) is 0 Å². The van der Waals surface area contributed by atoms with E-state index in [0.29, 0.717) is 13.0 Å². The number of carboxylic acids is 1. The molecule has 88 valence electrons. The second kappa shape index (κ2) is 5.54. The molecule has 0 bridgehead atoms. The van der Waals surface area contributed by atoms with E-state index in [1.54, 1.807) is 0 Å². The lowest BCUT2D eigenvalue weighted by molar-refractivity contribution is -0.138. The predicted molar refractivity (Wildman–Crippen MR) is 65.9 cm³/mol. The van der Waals surface area contributed by atoms with E-state index in [-0.39, 0.29) is 0 Å². The van der Waals surface area contributed by atoms with Crippen LogP contribution in [-0.2, 0) is 4.79 Å². The Morgan fingerprint density at radius 1 is 1.38 bits per heavy atom. The molecule has 1 N–H and O–H groups in total. The second-order valence-electron chi connectivity index (χ2n) is 3.83. The number of hydrogen-bond acceptors (Lipinski definition) is 2. The standard InChI is InChI=1S/C13H19NO2/c1-4-11(13(15)16)14(5-2)12-9-7-6-8-10(12)3/h6-9,11H,4-5H2,1-3H3,(H,15,16). The van der Waals surface area contributed by atoms with Gasteiger partial charge in [0.1, 0.15) is 6.04 Å². The molecule has 0 aliphatic rings. The molecule has 0 aromatic heterocycles. The summed E-state index contributed by atoms with van der Waals surface area (Å²) in [6.45, 7) is 6.60. The first-order valence-corrected chi connectivity index (χ1v) is 5.66. The summed E-state index contributed by atoms with van der Waals surface area (Å²) in [6, 6.07) is 7.46. The highest BCUT2D eigenvalue weighted by Gasteiger charge is 2.23. The summed E-state index contributed by atoms with van der Waals surface area (Å²) >= 11 is 0. The predicted octanol–water partition coefficient (Wildman–Crippen LogP) is 2.68. The number of carbonyl (C=O) groups is 1. The monoisotopic (exact) mass is 221 g/mol. The lowest BCUT2D eigenvalue weighted by Crippen LogP contribution is -2.41. The van der Waals surface area contributed by atoms with Crippen molar-refractivity contribution >= 4 is 11.7 Å². The van der Waals surface area contributed by atoms with Crippen LogP contribution in [0.4, 0.5) is 5.69 Å². The maximum Gasteiger partial charge on any atom is 0.326 e. The van der Waals surface area contributed by atoms with Gasteiger partial charge in [-0.1, -0.05) is 25.1 Å². The molecule has 1 aromatic rings. The quantitative estimate of drug-likeness (QED) is 0.831. The fraction of sp³-hybridized carbons (Fsp3) is 0.462. The molecule has 0 heterocycles. The van der Waals surface area contributed by atoms with Gasteiger partial charge in [-0.2, -0.15) is 0 Å². The molecule has 0 saturated carbocycles. The van der Waals surface area contributed by atoms with Gasteiger partial charge in [-0.3, -0.25) is 0 Å². The number of hydrogen-bond donors (Lipinski definition) is 1. The average molecular weight is 221 g/mol. The van der Waals surface area contributed by atoms with Crippen LogP contribution >= 0.6 is 0 Å². The third-order valence-corrected chi connectivity index (χ3v) is 2.81. The molecule has 0 amide bonds. The number of likely N-dealkylation sites (N-methyl/N-ethyl adjacent to an activating group) is 1. The highest BCUT2D eigenvalue weighted by Crippen LogP contribution is 2.22. The molecule has 1 unspecified atom stereocenters. The maximum atomic E-state index is 11.2. The van der Waals surface area contributed by atoms with Gasteiger partial charge in [0.05, 0.1) is 0 Å². The summed E-state index contributed by atoms with van der Waals surface area (Å²) in [5.41, 5.74) is 2.13. The Labute approximate surface area is 96.7 Å². The Morgan fingerprint density at radius 3 is 2.44 bits per heavy atom. The number of carboxylic acid groups (broad SMARTS) is 1. The molecule has 16 heavy (non-hydrogen) atoms. The molecule has 0 radical (unpaired) electrons. The van der Waals surface area contributed by atoms with Gasteiger partial charge in [0, 0.05) is 12.2 Å². The summed E-state index contributed by atoms with van der Waals surface area (Å²) in [6.07, 6.45) is 0.609. The first kappa shape index (κ1) is 12.6. The molecule has 1 atom stereocenters. The number of aryl methyl sites for hydroxylation is 1. The van der Waals surface area contributed by atoms with Gasteiger partial charge < -0.3 is 10.0 Å². The maximum absolute atomic E-state index is 11.2. The van der Waals surface area contributed by atoms with Crippen molar-refractivity contribution in [3.8, 4) is 0 Å². The summed E-state index contributed by atoms with van der Waals surface area (Å²) in [4.78, 5) is 13.1. The molecule has 1 rings (SSSR count). The minimum atomic E-state index is -0.757. The average Bonchev–Trinajstić information content (AvgIpc) is 2.26. The summed E-state index contributed by atoms with van der Waals surface area (Å²) < 4.78 is 0. The van der Waals surface area contributed by atoms with Crippen molar-refractivity contribution in [2.24, 2.45) is 0 Å². The fourth-order valence-electron chi connectivity index (χ4n) is 1.97. The Balaban J connectivity index is 3.06. The molecular weight excluding hydrogens is 202 g/mol. The highest BCUT2D eigenvalue weighted by atomic mass is 16.4. The van der Waals surface area contributed by atoms with Crippen LogP contribution < -0.4 is 4.90 Å². The zero-order valence-electron chi connectivity index (χ0n) is 10.1. The van der Waals surface area contributed by atoms with Crippen LogP contribution in [0.3, 0.4) is 0 Å². The summed E-state index contributed by atoms with van der Waals surface area (Å²) in [5, 5.41) is 9.19. The van der Waals surface area contributed by atoms with E-state index in [4.69, 9.17) is 0 Å². The lowest BCUT2D eigenvalue weighted by atomic mass is 10.1. The molecule has 3 nitrogen and oxygen atoms in total. The van der Waals surface area contributed by atoms with Crippen molar-refractivity contribution in [2.75, 3.05) is 11.4 Å². The molecule has 0 aliphatic carbocycles. The topological polar surface area (TPSA) is 40.5 Å². The molecule has 1 aromatic carbocycles. The third kappa shape index (κ3) is 2.54. The normalized spacial score (nSPS) is 12.2. The fourth-order valence-corrected chi connectivity index (χ4v) is 1.97. The Morgan fingerprint density at radius 2 is 2.00 bits per heavy atom. The minimum absolute atomic E-state index is 0.439. The Hall–Kier alpha value is -1.51. The van der Waals surface area contributed by atoms with E-state index < -0.39 is 12.0 Å². The zero-order valence-corrected chi connectivity index (χ0v) is 10.1. The van der Waals surface area contributed by atoms with Crippen LogP contribution in [0, 0.1) is 6.92 Å². The van der Waals surface area contributed by atoms with Crippen molar-refractivity contribution in [1.82, 2.24) is 0 Å². The smallest absolute Gasteiger partial charge is 0.326 e. The Kier molecular flexibility index (Phi) is 4.35. The van der Waals surface area contributed by atoms with E-state index in [1.165, 1.54) is 0 Å². The van der Waals surface area contributed by atoms with Crippen molar-refractivity contribution in [3.05, 3.63) is 29.8 Å². The van der Waals surface area contributed by atoms with E-state index in [9.17, 15) is 9.90 Å². The number of rotatable bonds is 5. The van der Waals surface area contributed by atoms with Gasteiger partial charge >= 0.3 is 5.97 Å². The highest BCUT2D eigenvalue weighted by molar-refractivity contribution is 5.78. The first-order chi connectivity index (χ1) is 7.61. The van der Waals surface area contributed by atoms with Gasteiger partial charge in [-0.25, -0.2) is 4.79 Å². The van der Waals surface area contributed by atoms with Gasteiger partial charge in [-0.05, 0) is 31.9 Å². The van der Waals surface area contributed by atoms with Crippen LogP contribution in [-0.4, -0.2) is 23.7 Å². The van der Waals surface area contributed by atoms with E-state index in [1.807, 2.05) is 49.9 Å². The van der Waals surface area contributed by atoms with Crippen LogP contribution in [0.15, 0.2) is 24.3 Å². The van der Waals surface area contributed by atoms with E-state index in [0.717, 1.165) is 11.3 Å². The van der Waals surface area contributed by atoms with Crippen LogP contribution in [0.1, 0.15) is 25.8 Å². The van der Waals surface area contributed by atoms with E-state index >= 15 is 0 Å². The van der Waals surface area contributed by atoms with Crippen molar-refractivity contribution in [2.45, 2.75) is 33.2 Å². The minimum Gasteiger partial charge on any atom is -0.480 e. The van der Waals surface area contributed by atoms with Gasteiger partial charge in [0.15, 0.2) is 0 Å². The van der Waals surface area contributed by atoms with E-state index in [2.05, 4.69) is 0 Å². The van der Waals surface area contributed by atoms with Crippen LogP contribution in [0.5, 0.6) is 0 Å². The summed E-state index contributed by atoms with van der Waals surface area (Å²) in [7, 11) is 0. The van der Waals surface area contributed by atoms with Crippen molar-refractivity contribution in [3.63, 3.8) is 0 Å². The molecule has 0 spiro atoms. The number of nitrogens with zero attached hydrogens (tertiary/aromatic N) is 1. The molecule has 0 aliphatic heterocycles. The lowest BCUT2D eigenvalue weighted by Gasteiger charge is -2.30. The number of benzene rings is 1. The van der Waals surface area contributed by atoms with Crippen molar-refractivity contribution < 1.29 is 9.90 Å². The SMILES string of the molecule is CCC(C(=O)O)N(CC)c1ccccc1C. The largest absolute Gasteiger partial charge is 0.480 e. The summed E-state index contributed by atoms with van der Waals surface area (Å²) in [5.74, 6) is -0.757. The molecule has 0 fully saturated rings. The number of aliphatic carboxylic acids is 1. The Bertz CT molecular complexity index is 363. The number of anilines is 1. The van der Waals surface area contributed by atoms with Gasteiger partial charge in [-0.15, -0.1) is 0 Å². The third-order valence-electron chi connectivity index (χ3n) is 2.81. The zero-order chi connectivity index (χ0) is 12.1. The number of para-hydroxylation sites is 1. The molecular formula is C13H19NO2. The first-order valence-electron chi connectivity index (χ1n) is 5.66.